The predicted molar refractivity (Wildman–Crippen MR) is 66.1 cm³/mol. The fourth-order valence-corrected chi connectivity index (χ4v) is 1.96. The number of nitrogens with two attached hydrogens (primary N) is 1. The normalized spacial score (nSPS) is 15.1. The van der Waals surface area contributed by atoms with Crippen LogP contribution < -0.4 is 11.1 Å². The lowest BCUT2D eigenvalue weighted by molar-refractivity contribution is 0.420. The molecule has 2 unspecified atom stereocenters. The summed E-state index contributed by atoms with van der Waals surface area (Å²) in [6.07, 6.45) is 4.01. The molecule has 86 valence electrons. The lowest BCUT2D eigenvalue weighted by Crippen LogP contribution is -2.39. The first-order valence-corrected chi connectivity index (χ1v) is 6.46. The maximum Gasteiger partial charge on any atom is 0.0937 e. The second-order valence-corrected chi connectivity index (χ2v) is 4.91. The number of hydrogen-bond donors (Lipinski definition) is 2. The van der Waals surface area contributed by atoms with Crippen molar-refractivity contribution in [2.45, 2.75) is 32.7 Å². The van der Waals surface area contributed by atoms with Crippen LogP contribution in [0.4, 0.5) is 0 Å². The molecule has 1 rings (SSSR count). The quantitative estimate of drug-likeness (QED) is 0.696. The van der Waals surface area contributed by atoms with Crippen molar-refractivity contribution in [3.8, 4) is 0 Å². The number of nitrogens with one attached hydrogen (secondary N) is 1. The van der Waals surface area contributed by atoms with Crippen LogP contribution in [-0.4, -0.2) is 24.1 Å². The van der Waals surface area contributed by atoms with E-state index in [9.17, 15) is 0 Å². The zero-order chi connectivity index (χ0) is 11.1. The third-order valence-electron chi connectivity index (χ3n) is 2.75. The Kier molecular flexibility index (Phi) is 5.83. The van der Waals surface area contributed by atoms with Crippen molar-refractivity contribution >= 4 is 11.3 Å². The summed E-state index contributed by atoms with van der Waals surface area (Å²) in [5.74, 6) is 0.595. The molecule has 4 heteroatoms. The Morgan fingerprint density at radius 1 is 1.60 bits per heavy atom. The van der Waals surface area contributed by atoms with Gasteiger partial charge in [-0.25, -0.2) is 4.98 Å². The highest BCUT2D eigenvalue weighted by molar-refractivity contribution is 7.09. The summed E-state index contributed by atoms with van der Waals surface area (Å²) in [4.78, 5) is 4.23. The maximum atomic E-state index is 6.01. The molecule has 2 atom stereocenters. The summed E-state index contributed by atoms with van der Waals surface area (Å²) in [6, 6.07) is 0.270. The SMILES string of the molecule is CCC(C)C(N)CNCCc1nccs1. The molecule has 1 aromatic rings. The maximum absolute atomic E-state index is 6.01. The monoisotopic (exact) mass is 227 g/mol. The van der Waals surface area contributed by atoms with Crippen molar-refractivity contribution < 1.29 is 0 Å². The Balaban J connectivity index is 2.06. The molecule has 3 nitrogen and oxygen atoms in total. The molecule has 0 saturated carbocycles. The van der Waals surface area contributed by atoms with Crippen LogP contribution in [0.25, 0.3) is 0 Å². The molecule has 0 fully saturated rings. The molecule has 0 radical (unpaired) electrons. The van der Waals surface area contributed by atoms with Gasteiger partial charge in [0.1, 0.15) is 0 Å². The molecule has 1 aromatic heterocycles. The average molecular weight is 227 g/mol. The fraction of sp³-hybridized carbons (Fsp3) is 0.727. The van der Waals surface area contributed by atoms with Gasteiger partial charge in [-0.2, -0.15) is 0 Å². The Morgan fingerprint density at radius 3 is 3.00 bits per heavy atom. The lowest BCUT2D eigenvalue weighted by Gasteiger charge is -2.18. The van der Waals surface area contributed by atoms with E-state index in [1.165, 1.54) is 5.01 Å². The van der Waals surface area contributed by atoms with Crippen molar-refractivity contribution in [2.75, 3.05) is 13.1 Å². The molecule has 0 aliphatic heterocycles. The minimum absolute atomic E-state index is 0.270. The van der Waals surface area contributed by atoms with Crippen molar-refractivity contribution in [1.29, 1.82) is 0 Å². The van der Waals surface area contributed by atoms with Crippen LogP contribution in [0.15, 0.2) is 11.6 Å². The third-order valence-corrected chi connectivity index (χ3v) is 3.59. The molecule has 0 aliphatic rings. The van der Waals surface area contributed by atoms with E-state index >= 15 is 0 Å². The van der Waals surface area contributed by atoms with E-state index < -0.39 is 0 Å². The first-order chi connectivity index (χ1) is 7.24. The predicted octanol–water partition coefficient (Wildman–Crippen LogP) is 1.65. The zero-order valence-corrected chi connectivity index (χ0v) is 10.4. The first-order valence-electron chi connectivity index (χ1n) is 5.58. The Hall–Kier alpha value is -0.450. The van der Waals surface area contributed by atoms with Gasteiger partial charge in [0.2, 0.25) is 0 Å². The van der Waals surface area contributed by atoms with Gasteiger partial charge in [-0.1, -0.05) is 20.3 Å². The molecule has 0 aliphatic carbocycles. The third kappa shape index (κ3) is 4.73. The van der Waals surface area contributed by atoms with Crippen molar-refractivity contribution in [1.82, 2.24) is 10.3 Å². The van der Waals surface area contributed by atoms with Gasteiger partial charge in [-0.05, 0) is 5.92 Å². The van der Waals surface area contributed by atoms with E-state index in [1.807, 2.05) is 11.6 Å². The number of rotatable bonds is 7. The van der Waals surface area contributed by atoms with Crippen LogP contribution in [-0.2, 0) is 6.42 Å². The molecular formula is C11H21N3S. The molecule has 0 aromatic carbocycles. The summed E-state index contributed by atoms with van der Waals surface area (Å²) < 4.78 is 0. The van der Waals surface area contributed by atoms with Crippen LogP contribution in [0.5, 0.6) is 0 Å². The summed E-state index contributed by atoms with van der Waals surface area (Å²) in [7, 11) is 0. The largest absolute Gasteiger partial charge is 0.326 e. The van der Waals surface area contributed by atoms with E-state index in [2.05, 4.69) is 24.1 Å². The molecule has 1 heterocycles. The van der Waals surface area contributed by atoms with Gasteiger partial charge in [0.15, 0.2) is 0 Å². The minimum Gasteiger partial charge on any atom is -0.326 e. The number of nitrogens with zero attached hydrogens (tertiary/aromatic N) is 1. The van der Waals surface area contributed by atoms with Crippen LogP contribution in [0.2, 0.25) is 0 Å². The van der Waals surface area contributed by atoms with Crippen LogP contribution in [0.3, 0.4) is 0 Å². The van der Waals surface area contributed by atoms with Gasteiger partial charge in [0.05, 0.1) is 5.01 Å². The lowest BCUT2D eigenvalue weighted by atomic mass is 10.0. The molecule has 0 spiro atoms. The van der Waals surface area contributed by atoms with E-state index in [0.29, 0.717) is 5.92 Å². The highest BCUT2D eigenvalue weighted by Crippen LogP contribution is 2.05. The van der Waals surface area contributed by atoms with Crippen LogP contribution in [0, 0.1) is 5.92 Å². The van der Waals surface area contributed by atoms with E-state index in [0.717, 1.165) is 25.9 Å². The van der Waals surface area contributed by atoms with Gasteiger partial charge in [0, 0.05) is 37.1 Å². The molecule has 15 heavy (non-hydrogen) atoms. The zero-order valence-electron chi connectivity index (χ0n) is 9.57. The second-order valence-electron chi connectivity index (χ2n) is 3.93. The smallest absolute Gasteiger partial charge is 0.0937 e. The van der Waals surface area contributed by atoms with Gasteiger partial charge >= 0.3 is 0 Å². The van der Waals surface area contributed by atoms with Crippen molar-refractivity contribution in [2.24, 2.45) is 11.7 Å². The van der Waals surface area contributed by atoms with Gasteiger partial charge < -0.3 is 11.1 Å². The average Bonchev–Trinajstić information content (AvgIpc) is 2.75. The van der Waals surface area contributed by atoms with Crippen LogP contribution in [0.1, 0.15) is 25.3 Å². The van der Waals surface area contributed by atoms with Crippen molar-refractivity contribution in [3.05, 3.63) is 16.6 Å². The van der Waals surface area contributed by atoms with E-state index in [4.69, 9.17) is 5.73 Å². The van der Waals surface area contributed by atoms with E-state index in [1.54, 1.807) is 11.3 Å². The molecular weight excluding hydrogens is 206 g/mol. The van der Waals surface area contributed by atoms with Gasteiger partial charge in [-0.3, -0.25) is 0 Å². The summed E-state index contributed by atoms with van der Waals surface area (Å²) >= 11 is 1.71. The first kappa shape index (κ1) is 12.6. The standard InChI is InChI=1S/C11H21N3S/c1-3-9(2)10(12)8-13-5-4-11-14-6-7-15-11/h6-7,9-10,13H,3-5,8,12H2,1-2H3. The number of aromatic nitrogens is 1. The fourth-order valence-electron chi connectivity index (χ4n) is 1.34. The number of hydrogen-bond acceptors (Lipinski definition) is 4. The van der Waals surface area contributed by atoms with Gasteiger partial charge in [0.25, 0.3) is 0 Å². The second kappa shape index (κ2) is 6.93. The molecule has 0 bridgehead atoms. The van der Waals surface area contributed by atoms with Gasteiger partial charge in [-0.15, -0.1) is 11.3 Å². The minimum atomic E-state index is 0.270. The summed E-state index contributed by atoms with van der Waals surface area (Å²) in [6.45, 7) is 6.26. The molecule has 0 saturated heterocycles. The van der Waals surface area contributed by atoms with Crippen molar-refractivity contribution in [3.63, 3.8) is 0 Å². The Labute approximate surface area is 96.1 Å². The Morgan fingerprint density at radius 2 is 2.40 bits per heavy atom. The van der Waals surface area contributed by atoms with Crippen LogP contribution >= 0.6 is 11.3 Å². The highest BCUT2D eigenvalue weighted by Gasteiger charge is 2.09. The Bertz CT molecular complexity index is 248. The molecule has 3 N–H and O–H groups in total. The summed E-state index contributed by atoms with van der Waals surface area (Å²) in [5, 5.41) is 6.59. The molecule has 0 amide bonds. The summed E-state index contributed by atoms with van der Waals surface area (Å²) in [5.41, 5.74) is 6.01. The number of thiazole rings is 1. The topological polar surface area (TPSA) is 50.9 Å². The van der Waals surface area contributed by atoms with E-state index in [-0.39, 0.29) is 6.04 Å². The highest BCUT2D eigenvalue weighted by atomic mass is 32.1.